The van der Waals surface area contributed by atoms with Gasteiger partial charge in [0.15, 0.2) is 6.30 Å². The Labute approximate surface area is 97.6 Å². The minimum Gasteiger partial charge on any atom is -0.478 e. The molecule has 2 rings (SSSR count). The normalized spacial score (nSPS) is 20.3. The Morgan fingerprint density at radius 1 is 1.59 bits per heavy atom. The van der Waals surface area contributed by atoms with Crippen LogP contribution in [0.5, 0.6) is 0 Å². The van der Waals surface area contributed by atoms with E-state index in [0.717, 1.165) is 0 Å². The van der Waals surface area contributed by atoms with Gasteiger partial charge in [-0.2, -0.15) is 0 Å². The number of ether oxygens (including phenoxy) is 1. The summed E-state index contributed by atoms with van der Waals surface area (Å²) >= 11 is 0. The summed E-state index contributed by atoms with van der Waals surface area (Å²) in [5.41, 5.74) is 6.24. The van der Waals surface area contributed by atoms with Crippen molar-refractivity contribution in [3.05, 3.63) is 23.8 Å². The van der Waals surface area contributed by atoms with Crippen molar-refractivity contribution in [1.29, 1.82) is 0 Å². The highest BCUT2D eigenvalue weighted by molar-refractivity contribution is 5.98. The third-order valence-electron chi connectivity index (χ3n) is 2.65. The molecule has 1 aromatic carbocycles. The number of aromatic carboxylic acids is 1. The number of rotatable bonds is 2. The van der Waals surface area contributed by atoms with Crippen molar-refractivity contribution in [2.75, 3.05) is 30.4 Å². The summed E-state index contributed by atoms with van der Waals surface area (Å²) in [6.07, 6.45) is -1.37. The molecule has 3 N–H and O–H groups in total. The number of carboxylic acids is 1. The van der Waals surface area contributed by atoms with Crippen LogP contribution in [0.2, 0.25) is 0 Å². The van der Waals surface area contributed by atoms with Gasteiger partial charge >= 0.3 is 5.97 Å². The minimum atomic E-state index is -1.37. The van der Waals surface area contributed by atoms with Crippen molar-refractivity contribution in [2.24, 2.45) is 0 Å². The van der Waals surface area contributed by atoms with Gasteiger partial charge in [-0.25, -0.2) is 9.18 Å². The zero-order valence-corrected chi connectivity index (χ0v) is 9.10. The molecule has 92 valence electrons. The Morgan fingerprint density at radius 3 is 3.00 bits per heavy atom. The van der Waals surface area contributed by atoms with Gasteiger partial charge in [0.2, 0.25) is 0 Å². The van der Waals surface area contributed by atoms with Crippen molar-refractivity contribution < 1.29 is 19.0 Å². The number of nitrogens with two attached hydrogens (primary N) is 1. The van der Waals surface area contributed by atoms with Crippen molar-refractivity contribution in [3.8, 4) is 0 Å². The fourth-order valence-corrected chi connectivity index (χ4v) is 1.88. The van der Waals surface area contributed by atoms with Gasteiger partial charge in [-0.05, 0) is 12.1 Å². The van der Waals surface area contributed by atoms with E-state index in [1.807, 2.05) is 0 Å². The zero-order chi connectivity index (χ0) is 12.4. The Hall–Kier alpha value is -1.82. The molecule has 1 aliphatic rings. The molecule has 6 heteroatoms. The molecular formula is C11H13FN2O3. The van der Waals surface area contributed by atoms with E-state index in [0.29, 0.717) is 6.61 Å². The summed E-state index contributed by atoms with van der Waals surface area (Å²) in [7, 11) is 0. The lowest BCUT2D eigenvalue weighted by Crippen LogP contribution is -2.43. The minimum absolute atomic E-state index is 0.00884. The lowest BCUT2D eigenvalue weighted by molar-refractivity contribution is 0.0493. The third kappa shape index (κ3) is 2.16. The van der Waals surface area contributed by atoms with Gasteiger partial charge in [0.05, 0.1) is 30.2 Å². The van der Waals surface area contributed by atoms with Crippen LogP contribution in [0.3, 0.4) is 0 Å². The van der Waals surface area contributed by atoms with Crippen molar-refractivity contribution in [3.63, 3.8) is 0 Å². The summed E-state index contributed by atoms with van der Waals surface area (Å²) in [6, 6.07) is 4.51. The number of nitrogens with zero attached hydrogens (tertiary/aromatic N) is 1. The van der Waals surface area contributed by atoms with Crippen LogP contribution in [0.4, 0.5) is 15.8 Å². The van der Waals surface area contributed by atoms with Gasteiger partial charge in [0.1, 0.15) is 0 Å². The van der Waals surface area contributed by atoms with E-state index in [1.165, 1.54) is 17.0 Å². The van der Waals surface area contributed by atoms with E-state index in [2.05, 4.69) is 0 Å². The third-order valence-corrected chi connectivity index (χ3v) is 2.65. The highest BCUT2D eigenvalue weighted by Crippen LogP contribution is 2.31. The molecule has 1 saturated heterocycles. The molecule has 0 aliphatic carbocycles. The quantitative estimate of drug-likeness (QED) is 0.598. The molecule has 1 fully saturated rings. The molecule has 0 radical (unpaired) electrons. The first-order valence-electron chi connectivity index (χ1n) is 5.21. The number of nitrogen functional groups attached to an aromatic ring is 1. The molecular weight excluding hydrogens is 227 g/mol. The molecule has 1 heterocycles. The lowest BCUT2D eigenvalue weighted by atomic mass is 10.1. The number of para-hydroxylation sites is 1. The molecule has 1 unspecified atom stereocenters. The zero-order valence-electron chi connectivity index (χ0n) is 9.10. The van der Waals surface area contributed by atoms with Crippen LogP contribution in [0.15, 0.2) is 18.2 Å². The fourth-order valence-electron chi connectivity index (χ4n) is 1.88. The van der Waals surface area contributed by atoms with Crippen molar-refractivity contribution in [2.45, 2.75) is 6.30 Å². The van der Waals surface area contributed by atoms with Gasteiger partial charge in [-0.1, -0.05) is 6.07 Å². The number of benzene rings is 1. The summed E-state index contributed by atoms with van der Waals surface area (Å²) < 4.78 is 18.7. The number of carbonyl (C=O) groups is 1. The topological polar surface area (TPSA) is 75.8 Å². The van der Waals surface area contributed by atoms with Gasteiger partial charge in [0, 0.05) is 6.54 Å². The van der Waals surface area contributed by atoms with Gasteiger partial charge in [-0.3, -0.25) is 0 Å². The molecule has 0 saturated carbocycles. The number of halogens is 1. The molecule has 5 nitrogen and oxygen atoms in total. The van der Waals surface area contributed by atoms with E-state index in [1.54, 1.807) is 6.07 Å². The van der Waals surface area contributed by atoms with E-state index in [9.17, 15) is 9.18 Å². The molecule has 0 amide bonds. The van der Waals surface area contributed by atoms with E-state index < -0.39 is 12.3 Å². The standard InChI is InChI=1S/C11H13FN2O3/c12-9-6-17-5-4-14(9)10-7(11(15)16)2-1-3-8(10)13/h1-3,9H,4-6,13H2,(H,15,16). The second-order valence-electron chi connectivity index (χ2n) is 3.75. The monoisotopic (exact) mass is 240 g/mol. The number of alkyl halides is 1. The predicted octanol–water partition coefficient (Wildman–Crippen LogP) is 1.10. The van der Waals surface area contributed by atoms with Gasteiger partial charge in [-0.15, -0.1) is 0 Å². The maximum atomic E-state index is 13.7. The van der Waals surface area contributed by atoms with Crippen LogP contribution in [0, 0.1) is 0 Å². The summed E-state index contributed by atoms with van der Waals surface area (Å²) in [5.74, 6) is -1.12. The number of carboxylic acid groups (broad SMARTS) is 1. The van der Waals surface area contributed by atoms with E-state index in [-0.39, 0.29) is 30.1 Å². The average molecular weight is 240 g/mol. The Kier molecular flexibility index (Phi) is 3.14. The Bertz CT molecular complexity index is 439. The first kappa shape index (κ1) is 11.7. The van der Waals surface area contributed by atoms with Gasteiger partial charge in [0.25, 0.3) is 0 Å². The summed E-state index contributed by atoms with van der Waals surface area (Å²) in [6.45, 7) is 0.566. The van der Waals surface area contributed by atoms with Crippen LogP contribution in [0.25, 0.3) is 0 Å². The number of morpholine rings is 1. The van der Waals surface area contributed by atoms with Crippen LogP contribution in [-0.4, -0.2) is 37.1 Å². The Balaban J connectivity index is 2.45. The van der Waals surface area contributed by atoms with Crippen LogP contribution < -0.4 is 10.6 Å². The molecule has 1 atom stereocenters. The predicted molar refractivity (Wildman–Crippen MR) is 60.9 cm³/mol. The highest BCUT2D eigenvalue weighted by Gasteiger charge is 2.27. The Morgan fingerprint density at radius 2 is 2.35 bits per heavy atom. The second-order valence-corrected chi connectivity index (χ2v) is 3.75. The molecule has 17 heavy (non-hydrogen) atoms. The van der Waals surface area contributed by atoms with Crippen molar-refractivity contribution in [1.82, 2.24) is 0 Å². The van der Waals surface area contributed by atoms with Crippen molar-refractivity contribution >= 4 is 17.3 Å². The van der Waals surface area contributed by atoms with Crippen LogP contribution >= 0.6 is 0 Å². The van der Waals surface area contributed by atoms with E-state index >= 15 is 0 Å². The largest absolute Gasteiger partial charge is 0.478 e. The van der Waals surface area contributed by atoms with Gasteiger partial charge < -0.3 is 20.5 Å². The number of hydrogen-bond acceptors (Lipinski definition) is 4. The smallest absolute Gasteiger partial charge is 0.337 e. The SMILES string of the molecule is Nc1cccc(C(=O)O)c1N1CCOCC1F. The molecule has 0 aromatic heterocycles. The number of hydrogen-bond donors (Lipinski definition) is 2. The molecule has 0 bridgehead atoms. The first-order valence-corrected chi connectivity index (χ1v) is 5.21. The molecule has 1 aliphatic heterocycles. The highest BCUT2D eigenvalue weighted by atomic mass is 19.1. The lowest BCUT2D eigenvalue weighted by Gasteiger charge is -2.33. The first-order chi connectivity index (χ1) is 8.11. The summed E-state index contributed by atoms with van der Waals surface area (Å²) in [5, 5.41) is 9.07. The summed E-state index contributed by atoms with van der Waals surface area (Å²) in [4.78, 5) is 12.4. The second kappa shape index (κ2) is 4.58. The maximum Gasteiger partial charge on any atom is 0.337 e. The van der Waals surface area contributed by atoms with E-state index in [4.69, 9.17) is 15.6 Å². The van der Waals surface area contributed by atoms with Crippen LogP contribution in [0.1, 0.15) is 10.4 Å². The van der Waals surface area contributed by atoms with Crippen LogP contribution in [-0.2, 0) is 4.74 Å². The maximum absolute atomic E-state index is 13.7. The number of anilines is 2. The fraction of sp³-hybridized carbons (Fsp3) is 0.364. The average Bonchev–Trinajstić information content (AvgIpc) is 2.30. The molecule has 0 spiro atoms. The molecule has 1 aromatic rings.